The van der Waals surface area contributed by atoms with E-state index in [1.54, 1.807) is 0 Å². The Morgan fingerprint density at radius 1 is 1.30 bits per heavy atom. The van der Waals surface area contributed by atoms with E-state index in [-0.39, 0.29) is 6.10 Å². The average molecular weight is 275 g/mol. The Hall–Kier alpha value is -1.06. The molecule has 3 heteroatoms. The van der Waals surface area contributed by atoms with Gasteiger partial charge in [0.1, 0.15) is 12.4 Å². The molecule has 1 fully saturated rings. The lowest BCUT2D eigenvalue weighted by Gasteiger charge is -2.35. The molecule has 0 bridgehead atoms. The summed E-state index contributed by atoms with van der Waals surface area (Å²) in [6.07, 6.45) is 3.17. The van der Waals surface area contributed by atoms with Crippen molar-refractivity contribution in [1.82, 2.24) is 4.90 Å². The number of hydrogen-bond donors (Lipinski definition) is 1. The number of rotatable bonds is 2. The van der Waals surface area contributed by atoms with Gasteiger partial charge in [-0.3, -0.25) is 4.90 Å². The Kier molecular flexibility index (Phi) is 4.27. The largest absolute Gasteiger partial charge is 0.492 e. The van der Waals surface area contributed by atoms with Crippen LogP contribution >= 0.6 is 0 Å². The van der Waals surface area contributed by atoms with Gasteiger partial charge in [0.25, 0.3) is 0 Å². The van der Waals surface area contributed by atoms with Crippen molar-refractivity contribution < 1.29 is 9.84 Å². The molecule has 1 aliphatic heterocycles. The summed E-state index contributed by atoms with van der Waals surface area (Å²) in [5, 5.41) is 10.2. The molecule has 3 unspecified atom stereocenters. The lowest BCUT2D eigenvalue weighted by atomic mass is 9.80. The summed E-state index contributed by atoms with van der Waals surface area (Å²) in [4.78, 5) is 2.44. The second-order valence-electron chi connectivity index (χ2n) is 6.44. The SMILES string of the molecule is CC1CCC(O)C(CN2CCOc3ccccc3C2)C1. The first-order valence-electron chi connectivity index (χ1n) is 7.83. The van der Waals surface area contributed by atoms with Gasteiger partial charge >= 0.3 is 0 Å². The lowest BCUT2D eigenvalue weighted by Crippen LogP contribution is -2.39. The molecular weight excluding hydrogens is 250 g/mol. The molecule has 0 amide bonds. The van der Waals surface area contributed by atoms with Crippen LogP contribution in [0.25, 0.3) is 0 Å². The van der Waals surface area contributed by atoms with E-state index in [1.165, 1.54) is 12.0 Å². The molecule has 0 spiro atoms. The molecule has 0 saturated heterocycles. The number of nitrogens with zero attached hydrogens (tertiary/aromatic N) is 1. The average Bonchev–Trinajstić information content (AvgIpc) is 2.64. The van der Waals surface area contributed by atoms with Crippen molar-refractivity contribution in [2.75, 3.05) is 19.7 Å². The summed E-state index contributed by atoms with van der Waals surface area (Å²) >= 11 is 0. The van der Waals surface area contributed by atoms with E-state index in [0.717, 1.165) is 50.8 Å². The summed E-state index contributed by atoms with van der Waals surface area (Å²) in [5.41, 5.74) is 1.27. The van der Waals surface area contributed by atoms with Crippen molar-refractivity contribution in [2.24, 2.45) is 11.8 Å². The van der Waals surface area contributed by atoms with Gasteiger partial charge in [-0.25, -0.2) is 0 Å². The molecule has 3 atom stereocenters. The summed E-state index contributed by atoms with van der Waals surface area (Å²) in [7, 11) is 0. The number of fused-ring (bicyclic) bond motifs is 1. The molecule has 1 aromatic carbocycles. The summed E-state index contributed by atoms with van der Waals surface area (Å²) in [6, 6.07) is 8.30. The van der Waals surface area contributed by atoms with E-state index >= 15 is 0 Å². The second kappa shape index (κ2) is 6.15. The van der Waals surface area contributed by atoms with Crippen LogP contribution in [0.4, 0.5) is 0 Å². The van der Waals surface area contributed by atoms with Gasteiger partial charge in [0.2, 0.25) is 0 Å². The first-order valence-corrected chi connectivity index (χ1v) is 7.83. The van der Waals surface area contributed by atoms with Gasteiger partial charge in [-0.2, -0.15) is 0 Å². The molecule has 20 heavy (non-hydrogen) atoms. The summed E-state index contributed by atoms with van der Waals surface area (Å²) in [6.45, 7) is 5.93. The highest BCUT2D eigenvalue weighted by atomic mass is 16.5. The van der Waals surface area contributed by atoms with Gasteiger partial charge in [-0.1, -0.05) is 25.1 Å². The molecule has 0 radical (unpaired) electrons. The quantitative estimate of drug-likeness (QED) is 0.900. The zero-order chi connectivity index (χ0) is 13.9. The van der Waals surface area contributed by atoms with Gasteiger partial charge in [-0.05, 0) is 37.2 Å². The van der Waals surface area contributed by atoms with E-state index < -0.39 is 0 Å². The zero-order valence-electron chi connectivity index (χ0n) is 12.3. The smallest absolute Gasteiger partial charge is 0.123 e. The van der Waals surface area contributed by atoms with Crippen LogP contribution in [0.2, 0.25) is 0 Å². The maximum atomic E-state index is 10.2. The minimum Gasteiger partial charge on any atom is -0.492 e. The molecule has 1 aliphatic carbocycles. The fraction of sp³-hybridized carbons (Fsp3) is 0.647. The van der Waals surface area contributed by atoms with E-state index in [4.69, 9.17) is 4.74 Å². The topological polar surface area (TPSA) is 32.7 Å². The highest BCUT2D eigenvalue weighted by molar-refractivity contribution is 5.33. The predicted octanol–water partition coefficient (Wildman–Crippen LogP) is 2.68. The molecule has 3 nitrogen and oxygen atoms in total. The van der Waals surface area contributed by atoms with Gasteiger partial charge < -0.3 is 9.84 Å². The third-order valence-corrected chi connectivity index (χ3v) is 4.73. The van der Waals surface area contributed by atoms with E-state index in [9.17, 15) is 5.11 Å². The molecule has 1 aromatic rings. The van der Waals surface area contributed by atoms with Crippen molar-refractivity contribution in [2.45, 2.75) is 38.8 Å². The number of ether oxygens (including phenoxy) is 1. The van der Waals surface area contributed by atoms with Crippen LogP contribution in [0.1, 0.15) is 31.7 Å². The molecule has 1 heterocycles. The van der Waals surface area contributed by atoms with E-state index in [2.05, 4.69) is 30.0 Å². The molecule has 0 aromatic heterocycles. The number of aliphatic hydroxyl groups is 1. The zero-order valence-corrected chi connectivity index (χ0v) is 12.3. The second-order valence-corrected chi connectivity index (χ2v) is 6.44. The lowest BCUT2D eigenvalue weighted by molar-refractivity contribution is 0.0282. The predicted molar refractivity (Wildman–Crippen MR) is 79.7 cm³/mol. The molecule has 3 rings (SSSR count). The summed E-state index contributed by atoms with van der Waals surface area (Å²) < 4.78 is 5.81. The Morgan fingerprint density at radius 3 is 3.05 bits per heavy atom. The van der Waals surface area contributed by atoms with Crippen LogP contribution in [0.15, 0.2) is 24.3 Å². The molecule has 1 saturated carbocycles. The van der Waals surface area contributed by atoms with Crippen molar-refractivity contribution in [3.63, 3.8) is 0 Å². The Labute approximate surface area is 121 Å². The van der Waals surface area contributed by atoms with Gasteiger partial charge in [0, 0.05) is 25.2 Å². The van der Waals surface area contributed by atoms with Crippen molar-refractivity contribution in [3.8, 4) is 5.75 Å². The normalized spacial score (nSPS) is 31.2. The number of aliphatic hydroxyl groups excluding tert-OH is 1. The maximum absolute atomic E-state index is 10.2. The number of para-hydroxylation sites is 1. The van der Waals surface area contributed by atoms with E-state index in [1.807, 2.05) is 6.07 Å². The van der Waals surface area contributed by atoms with Gasteiger partial charge in [0.05, 0.1) is 6.10 Å². The van der Waals surface area contributed by atoms with Crippen molar-refractivity contribution in [3.05, 3.63) is 29.8 Å². The third-order valence-electron chi connectivity index (χ3n) is 4.73. The maximum Gasteiger partial charge on any atom is 0.123 e. The molecular formula is C17H25NO2. The monoisotopic (exact) mass is 275 g/mol. The minimum atomic E-state index is -0.120. The molecule has 1 N–H and O–H groups in total. The highest BCUT2D eigenvalue weighted by Crippen LogP contribution is 2.31. The Bertz CT molecular complexity index is 448. The van der Waals surface area contributed by atoms with Crippen LogP contribution in [0.5, 0.6) is 5.75 Å². The van der Waals surface area contributed by atoms with Crippen molar-refractivity contribution in [1.29, 1.82) is 0 Å². The van der Waals surface area contributed by atoms with Gasteiger partial charge in [-0.15, -0.1) is 0 Å². The van der Waals surface area contributed by atoms with Crippen LogP contribution in [-0.4, -0.2) is 35.8 Å². The number of hydrogen-bond acceptors (Lipinski definition) is 3. The fourth-order valence-corrected chi connectivity index (χ4v) is 3.55. The Morgan fingerprint density at radius 2 is 2.15 bits per heavy atom. The van der Waals surface area contributed by atoms with Crippen LogP contribution in [0, 0.1) is 11.8 Å². The standard InChI is InChI=1S/C17H25NO2/c1-13-6-7-16(19)15(10-13)12-18-8-9-20-17-5-3-2-4-14(17)11-18/h2-5,13,15-16,19H,6-12H2,1H3. The van der Waals surface area contributed by atoms with Gasteiger partial charge in [0.15, 0.2) is 0 Å². The fourth-order valence-electron chi connectivity index (χ4n) is 3.55. The van der Waals surface area contributed by atoms with Crippen LogP contribution < -0.4 is 4.74 Å². The molecule has 2 aliphatic rings. The van der Waals surface area contributed by atoms with Crippen LogP contribution in [-0.2, 0) is 6.54 Å². The third kappa shape index (κ3) is 3.15. The van der Waals surface area contributed by atoms with Crippen molar-refractivity contribution >= 4 is 0 Å². The molecule has 110 valence electrons. The first-order chi connectivity index (χ1) is 9.72. The Balaban J connectivity index is 1.66. The van der Waals surface area contributed by atoms with Crippen LogP contribution in [0.3, 0.4) is 0 Å². The highest BCUT2D eigenvalue weighted by Gasteiger charge is 2.29. The first kappa shape index (κ1) is 13.9. The summed E-state index contributed by atoms with van der Waals surface area (Å²) in [5.74, 6) is 2.19. The van der Waals surface area contributed by atoms with E-state index in [0.29, 0.717) is 5.92 Å². The number of benzene rings is 1. The minimum absolute atomic E-state index is 0.120.